The molecule has 0 spiro atoms. The van der Waals surface area contributed by atoms with Crippen molar-refractivity contribution in [3.05, 3.63) is 16.1 Å². The maximum atomic E-state index is 11.9. The Kier molecular flexibility index (Phi) is 4.01. The first-order valence-corrected chi connectivity index (χ1v) is 8.46. The summed E-state index contributed by atoms with van der Waals surface area (Å²) < 4.78 is 23.9. The summed E-state index contributed by atoms with van der Waals surface area (Å²) in [7, 11) is -3.06. The maximum absolute atomic E-state index is 11.9. The van der Waals surface area contributed by atoms with E-state index < -0.39 is 21.1 Å². The molecule has 1 atom stereocenters. The van der Waals surface area contributed by atoms with Crippen molar-refractivity contribution in [3.63, 3.8) is 0 Å². The van der Waals surface area contributed by atoms with Gasteiger partial charge in [-0.3, -0.25) is 4.79 Å². The summed E-state index contributed by atoms with van der Waals surface area (Å²) in [5.74, 6) is -0.628. The minimum Gasteiger partial charge on any atom is -0.481 e. The summed E-state index contributed by atoms with van der Waals surface area (Å²) >= 11 is 1.33. The second-order valence-corrected chi connectivity index (χ2v) is 7.61. The smallest absolute Gasteiger partial charge is 0.303 e. The minimum absolute atomic E-state index is 0.0284. The van der Waals surface area contributed by atoms with Crippen LogP contribution in [0, 0.1) is 0 Å². The third kappa shape index (κ3) is 3.08. The molecular weight excluding hydrogens is 274 g/mol. The van der Waals surface area contributed by atoms with Crippen LogP contribution in [0.2, 0.25) is 0 Å². The van der Waals surface area contributed by atoms with E-state index in [2.05, 4.69) is 4.98 Å². The normalized spacial score (nSPS) is 22.8. The lowest BCUT2D eigenvalue weighted by atomic mass is 10.2. The van der Waals surface area contributed by atoms with Crippen LogP contribution < -0.4 is 0 Å². The highest BCUT2D eigenvalue weighted by Gasteiger charge is 2.32. The van der Waals surface area contributed by atoms with Crippen molar-refractivity contribution in [2.45, 2.75) is 37.4 Å². The van der Waals surface area contributed by atoms with E-state index in [0.717, 1.165) is 12.8 Å². The van der Waals surface area contributed by atoms with E-state index in [9.17, 15) is 13.2 Å². The first-order valence-electron chi connectivity index (χ1n) is 5.87. The van der Waals surface area contributed by atoms with Gasteiger partial charge >= 0.3 is 5.97 Å². The Bertz CT molecular complexity index is 535. The van der Waals surface area contributed by atoms with E-state index in [1.54, 1.807) is 5.38 Å². The fourth-order valence-electron chi connectivity index (χ4n) is 2.05. The second kappa shape index (κ2) is 5.36. The highest BCUT2D eigenvalue weighted by molar-refractivity contribution is 7.91. The molecule has 1 aliphatic rings. The van der Waals surface area contributed by atoms with E-state index in [1.165, 1.54) is 11.3 Å². The highest BCUT2D eigenvalue weighted by Crippen LogP contribution is 2.35. The molecule has 0 saturated carbocycles. The molecule has 5 nitrogen and oxygen atoms in total. The number of carboxylic acid groups (broad SMARTS) is 1. The van der Waals surface area contributed by atoms with Crippen molar-refractivity contribution in [3.8, 4) is 0 Å². The Balaban J connectivity index is 2.11. The number of aromatic nitrogens is 1. The fourth-order valence-corrected chi connectivity index (χ4v) is 5.30. The summed E-state index contributed by atoms with van der Waals surface area (Å²) in [6, 6.07) is 0. The van der Waals surface area contributed by atoms with Crippen molar-refractivity contribution < 1.29 is 18.3 Å². The predicted octanol–water partition coefficient (Wildman–Crippen LogP) is 1.80. The molecule has 1 unspecified atom stereocenters. The third-order valence-corrected chi connectivity index (χ3v) is 6.36. The zero-order chi connectivity index (χ0) is 13.2. The number of carboxylic acids is 1. The quantitative estimate of drug-likeness (QED) is 0.913. The standard InChI is InChI=1S/C11H15NO4S2/c13-10(14)5-4-8-7-17-11(12-8)9-3-1-2-6-18(9,15)16/h7,9H,1-6H2,(H,13,14). The summed E-state index contributed by atoms with van der Waals surface area (Å²) in [5, 5.41) is 10.5. The molecule has 2 heterocycles. The second-order valence-electron chi connectivity index (χ2n) is 4.42. The van der Waals surface area contributed by atoms with Crippen LogP contribution in [0.3, 0.4) is 0 Å². The van der Waals surface area contributed by atoms with E-state index in [-0.39, 0.29) is 12.2 Å². The molecule has 18 heavy (non-hydrogen) atoms. The molecule has 1 N–H and O–H groups in total. The number of nitrogens with zero attached hydrogens (tertiary/aromatic N) is 1. The van der Waals surface area contributed by atoms with Crippen LogP contribution >= 0.6 is 11.3 Å². The number of carbonyl (C=O) groups is 1. The SMILES string of the molecule is O=C(O)CCc1csc(C2CCCCS2(=O)=O)n1. The summed E-state index contributed by atoms with van der Waals surface area (Å²) in [6.45, 7) is 0. The van der Waals surface area contributed by atoms with Gasteiger partial charge in [0.1, 0.15) is 10.3 Å². The molecule has 1 aliphatic heterocycles. The fraction of sp³-hybridized carbons (Fsp3) is 0.636. The summed E-state index contributed by atoms with van der Waals surface area (Å²) in [4.78, 5) is 14.7. The minimum atomic E-state index is -3.06. The lowest BCUT2D eigenvalue weighted by Crippen LogP contribution is -2.21. The number of aryl methyl sites for hydroxylation is 1. The van der Waals surface area contributed by atoms with Gasteiger partial charge in [0.05, 0.1) is 17.9 Å². The van der Waals surface area contributed by atoms with Crippen LogP contribution in [0.25, 0.3) is 0 Å². The van der Waals surface area contributed by atoms with Gasteiger partial charge in [-0.1, -0.05) is 6.42 Å². The highest BCUT2D eigenvalue weighted by atomic mass is 32.2. The first-order chi connectivity index (χ1) is 8.49. The van der Waals surface area contributed by atoms with Gasteiger partial charge in [0, 0.05) is 11.8 Å². The predicted molar refractivity (Wildman–Crippen MR) is 68.4 cm³/mol. The van der Waals surface area contributed by atoms with E-state index in [0.29, 0.717) is 23.5 Å². The van der Waals surface area contributed by atoms with Gasteiger partial charge in [-0.2, -0.15) is 0 Å². The Morgan fingerprint density at radius 2 is 2.28 bits per heavy atom. The molecule has 0 amide bonds. The molecular formula is C11H15NO4S2. The molecule has 1 aromatic rings. The topological polar surface area (TPSA) is 84.3 Å². The molecule has 100 valence electrons. The van der Waals surface area contributed by atoms with Gasteiger partial charge in [0.15, 0.2) is 9.84 Å². The number of hydrogen-bond donors (Lipinski definition) is 1. The molecule has 1 saturated heterocycles. The van der Waals surface area contributed by atoms with Crippen LogP contribution in [0.15, 0.2) is 5.38 Å². The molecule has 0 bridgehead atoms. The monoisotopic (exact) mass is 289 g/mol. The van der Waals surface area contributed by atoms with Crippen LogP contribution in [-0.4, -0.2) is 30.2 Å². The van der Waals surface area contributed by atoms with Crippen molar-refractivity contribution in [2.75, 3.05) is 5.75 Å². The summed E-state index contributed by atoms with van der Waals surface area (Å²) in [6.07, 6.45) is 2.66. The average molecular weight is 289 g/mol. The molecule has 0 aliphatic carbocycles. The van der Waals surface area contributed by atoms with Crippen molar-refractivity contribution in [2.24, 2.45) is 0 Å². The maximum Gasteiger partial charge on any atom is 0.303 e. The Labute approximate surface area is 110 Å². The van der Waals surface area contributed by atoms with Gasteiger partial charge in [-0.05, 0) is 12.8 Å². The van der Waals surface area contributed by atoms with Crippen LogP contribution in [-0.2, 0) is 21.1 Å². The van der Waals surface area contributed by atoms with Crippen LogP contribution in [0.5, 0.6) is 0 Å². The lowest BCUT2D eigenvalue weighted by molar-refractivity contribution is -0.136. The van der Waals surface area contributed by atoms with E-state index in [4.69, 9.17) is 5.11 Å². The average Bonchev–Trinajstić information content (AvgIpc) is 2.74. The Morgan fingerprint density at radius 3 is 2.94 bits per heavy atom. The largest absolute Gasteiger partial charge is 0.481 e. The molecule has 0 aromatic carbocycles. The number of sulfone groups is 1. The molecule has 2 rings (SSSR count). The van der Waals surface area contributed by atoms with Gasteiger partial charge < -0.3 is 5.11 Å². The molecule has 1 fully saturated rings. The zero-order valence-electron chi connectivity index (χ0n) is 9.83. The zero-order valence-corrected chi connectivity index (χ0v) is 11.5. The third-order valence-electron chi connectivity index (χ3n) is 3.02. The van der Waals surface area contributed by atoms with Crippen molar-refractivity contribution in [1.29, 1.82) is 0 Å². The Morgan fingerprint density at radius 1 is 1.50 bits per heavy atom. The molecule has 0 radical (unpaired) electrons. The number of thiazole rings is 1. The molecule has 7 heteroatoms. The van der Waals surface area contributed by atoms with Crippen LogP contribution in [0.4, 0.5) is 0 Å². The molecule has 1 aromatic heterocycles. The van der Waals surface area contributed by atoms with Gasteiger partial charge in [-0.15, -0.1) is 11.3 Å². The van der Waals surface area contributed by atoms with Crippen molar-refractivity contribution in [1.82, 2.24) is 4.98 Å². The van der Waals surface area contributed by atoms with E-state index >= 15 is 0 Å². The van der Waals surface area contributed by atoms with Gasteiger partial charge in [-0.25, -0.2) is 13.4 Å². The van der Waals surface area contributed by atoms with E-state index in [1.807, 2.05) is 0 Å². The number of rotatable bonds is 4. The van der Waals surface area contributed by atoms with Crippen molar-refractivity contribution >= 4 is 27.1 Å². The summed E-state index contributed by atoms with van der Waals surface area (Å²) in [5.41, 5.74) is 0.679. The van der Waals surface area contributed by atoms with Gasteiger partial charge in [0.25, 0.3) is 0 Å². The van der Waals surface area contributed by atoms with Crippen LogP contribution in [0.1, 0.15) is 41.6 Å². The lowest BCUT2D eigenvalue weighted by Gasteiger charge is -2.19. The number of aliphatic carboxylic acids is 1. The van der Waals surface area contributed by atoms with Gasteiger partial charge in [0.2, 0.25) is 0 Å². The Hall–Kier alpha value is -0.950. The number of hydrogen-bond acceptors (Lipinski definition) is 5. The first kappa shape index (κ1) is 13.5.